The normalized spacial score (nSPS) is 11.7. The van der Waals surface area contributed by atoms with Crippen molar-refractivity contribution < 1.29 is 0 Å². The van der Waals surface area contributed by atoms with E-state index in [0.29, 0.717) is 28.2 Å². The average Bonchev–Trinajstić information content (AvgIpc) is 2.48. The summed E-state index contributed by atoms with van der Waals surface area (Å²) < 4.78 is 0.997. The third-order valence-electron chi connectivity index (χ3n) is 3.49. The summed E-state index contributed by atoms with van der Waals surface area (Å²) in [7, 11) is 0. The van der Waals surface area contributed by atoms with Gasteiger partial charge < -0.3 is 0 Å². The highest BCUT2D eigenvalue weighted by Gasteiger charge is 2.32. The second-order valence-corrected chi connectivity index (χ2v) is 7.26. The molecule has 0 aliphatic carbocycles. The first kappa shape index (κ1) is 17.4. The fraction of sp³-hybridized carbons (Fsp3) is 0.250. The van der Waals surface area contributed by atoms with Gasteiger partial charge >= 0.3 is 0 Å². The predicted octanol–water partition coefficient (Wildman–Crippen LogP) is 6.71. The van der Waals surface area contributed by atoms with E-state index in [4.69, 9.17) is 46.4 Å². The van der Waals surface area contributed by atoms with Gasteiger partial charge in [-0.2, -0.15) is 0 Å². The molecule has 0 saturated heterocycles. The van der Waals surface area contributed by atoms with E-state index in [9.17, 15) is 0 Å². The quantitative estimate of drug-likeness (QED) is 0.466. The molecular weight excluding hydrogens is 414 g/mol. The van der Waals surface area contributed by atoms with E-state index in [1.807, 2.05) is 30.3 Å². The number of hydrogen-bond donors (Lipinski definition) is 0. The van der Waals surface area contributed by atoms with E-state index in [1.165, 1.54) is 0 Å². The van der Waals surface area contributed by atoms with Crippen molar-refractivity contribution in [2.24, 2.45) is 0 Å². The molecule has 21 heavy (non-hydrogen) atoms. The Hall–Kier alpha value is 0.0800. The van der Waals surface area contributed by atoms with Crippen molar-refractivity contribution >= 4 is 62.3 Å². The maximum Gasteiger partial charge on any atom is 0.0439 e. The standard InChI is InChI=1S/C16H13BrCl4/c17-13-3-1-2-12(7-13)16(9-18,10-19)8-11-6-14(20)4-5-15(11)21/h1-7H,8-10H2. The highest BCUT2D eigenvalue weighted by molar-refractivity contribution is 9.10. The van der Waals surface area contributed by atoms with E-state index in [1.54, 1.807) is 12.1 Å². The summed E-state index contributed by atoms with van der Waals surface area (Å²) in [5, 5.41) is 1.33. The topological polar surface area (TPSA) is 0 Å². The lowest BCUT2D eigenvalue weighted by molar-refractivity contribution is 0.536. The molecule has 112 valence electrons. The molecule has 2 rings (SSSR count). The fourth-order valence-corrected chi connectivity index (χ4v) is 3.81. The molecule has 0 radical (unpaired) electrons. The van der Waals surface area contributed by atoms with E-state index in [2.05, 4.69) is 15.9 Å². The summed E-state index contributed by atoms with van der Waals surface area (Å²) in [5.74, 6) is 0.797. The Labute approximate surface area is 153 Å². The number of benzene rings is 2. The molecule has 0 unspecified atom stereocenters. The number of alkyl halides is 2. The van der Waals surface area contributed by atoms with Crippen LogP contribution in [-0.4, -0.2) is 11.8 Å². The van der Waals surface area contributed by atoms with Crippen LogP contribution in [0, 0.1) is 0 Å². The lowest BCUT2D eigenvalue weighted by Gasteiger charge is -2.31. The van der Waals surface area contributed by atoms with E-state index in [0.717, 1.165) is 15.6 Å². The van der Waals surface area contributed by atoms with Gasteiger partial charge in [-0.05, 0) is 47.9 Å². The Kier molecular flexibility index (Phi) is 6.28. The highest BCUT2D eigenvalue weighted by Crippen LogP contribution is 2.35. The molecular formula is C16H13BrCl4. The second kappa shape index (κ2) is 7.57. The van der Waals surface area contributed by atoms with Gasteiger partial charge in [0.15, 0.2) is 0 Å². The molecule has 0 atom stereocenters. The zero-order chi connectivity index (χ0) is 15.5. The molecule has 0 aliphatic rings. The zero-order valence-electron chi connectivity index (χ0n) is 11.1. The second-order valence-electron chi connectivity index (χ2n) is 4.97. The van der Waals surface area contributed by atoms with Crippen LogP contribution in [-0.2, 0) is 11.8 Å². The third-order valence-corrected chi connectivity index (χ3v) is 5.61. The molecule has 0 N–H and O–H groups in total. The minimum Gasteiger partial charge on any atom is -0.126 e. The molecule has 0 amide bonds. The summed E-state index contributed by atoms with van der Waals surface area (Å²) in [6, 6.07) is 13.5. The first-order chi connectivity index (χ1) is 10.0. The van der Waals surface area contributed by atoms with Crippen LogP contribution in [0.15, 0.2) is 46.9 Å². The molecule has 2 aromatic carbocycles. The number of halogens is 5. The molecule has 2 aromatic rings. The first-order valence-corrected chi connectivity index (χ1v) is 8.94. The molecule has 0 fully saturated rings. The van der Waals surface area contributed by atoms with Crippen molar-refractivity contribution in [3.05, 3.63) is 68.1 Å². The molecule has 0 spiro atoms. The van der Waals surface area contributed by atoms with Crippen LogP contribution in [0.4, 0.5) is 0 Å². The summed E-state index contributed by atoms with van der Waals surface area (Å²) in [6.45, 7) is 0. The van der Waals surface area contributed by atoms with Crippen LogP contribution in [0.5, 0.6) is 0 Å². The van der Waals surface area contributed by atoms with Crippen LogP contribution >= 0.6 is 62.3 Å². The van der Waals surface area contributed by atoms with Crippen LogP contribution in [0.25, 0.3) is 0 Å². The van der Waals surface area contributed by atoms with Crippen molar-refractivity contribution in [1.82, 2.24) is 0 Å². The Morgan fingerprint density at radius 1 is 0.952 bits per heavy atom. The van der Waals surface area contributed by atoms with Crippen molar-refractivity contribution in [3.8, 4) is 0 Å². The summed E-state index contributed by atoms with van der Waals surface area (Å²) >= 11 is 28.4. The van der Waals surface area contributed by atoms with Crippen LogP contribution in [0.2, 0.25) is 10.0 Å². The summed E-state index contributed by atoms with van der Waals surface area (Å²) in [5.41, 5.74) is 1.64. The number of hydrogen-bond acceptors (Lipinski definition) is 0. The Bertz CT molecular complexity index is 623. The van der Waals surface area contributed by atoms with Gasteiger partial charge in [0.2, 0.25) is 0 Å². The van der Waals surface area contributed by atoms with Crippen LogP contribution < -0.4 is 0 Å². The third kappa shape index (κ3) is 4.09. The van der Waals surface area contributed by atoms with Crippen molar-refractivity contribution in [2.45, 2.75) is 11.8 Å². The van der Waals surface area contributed by atoms with Crippen molar-refractivity contribution in [2.75, 3.05) is 11.8 Å². The van der Waals surface area contributed by atoms with Gasteiger partial charge in [-0.1, -0.05) is 51.3 Å². The zero-order valence-corrected chi connectivity index (χ0v) is 15.7. The van der Waals surface area contributed by atoms with Gasteiger partial charge in [-0.25, -0.2) is 0 Å². The first-order valence-electron chi connectivity index (χ1n) is 6.33. The van der Waals surface area contributed by atoms with Crippen LogP contribution in [0.1, 0.15) is 11.1 Å². The van der Waals surface area contributed by atoms with Gasteiger partial charge in [-0.3, -0.25) is 0 Å². The van der Waals surface area contributed by atoms with Gasteiger partial charge in [-0.15, -0.1) is 23.2 Å². The van der Waals surface area contributed by atoms with Gasteiger partial charge in [0, 0.05) is 31.7 Å². The highest BCUT2D eigenvalue weighted by atomic mass is 79.9. The number of rotatable bonds is 5. The monoisotopic (exact) mass is 424 g/mol. The smallest absolute Gasteiger partial charge is 0.0439 e. The lowest BCUT2D eigenvalue weighted by atomic mass is 9.79. The maximum absolute atomic E-state index is 6.28. The van der Waals surface area contributed by atoms with Gasteiger partial charge in [0.25, 0.3) is 0 Å². The fourth-order valence-electron chi connectivity index (χ4n) is 2.25. The molecule has 0 heterocycles. The Morgan fingerprint density at radius 2 is 1.67 bits per heavy atom. The molecule has 0 aromatic heterocycles. The maximum atomic E-state index is 6.28. The van der Waals surface area contributed by atoms with Gasteiger partial charge in [0.05, 0.1) is 0 Å². The molecule has 5 heteroatoms. The van der Waals surface area contributed by atoms with Crippen molar-refractivity contribution in [3.63, 3.8) is 0 Å². The van der Waals surface area contributed by atoms with Crippen molar-refractivity contribution in [1.29, 1.82) is 0 Å². The largest absolute Gasteiger partial charge is 0.126 e. The minimum absolute atomic E-state index is 0.388. The minimum atomic E-state index is -0.388. The van der Waals surface area contributed by atoms with Crippen LogP contribution in [0.3, 0.4) is 0 Å². The predicted molar refractivity (Wildman–Crippen MR) is 97.4 cm³/mol. The molecule has 0 saturated carbocycles. The van der Waals surface area contributed by atoms with Gasteiger partial charge in [0.1, 0.15) is 0 Å². The van der Waals surface area contributed by atoms with E-state index < -0.39 is 0 Å². The molecule has 0 nitrogen and oxygen atoms in total. The molecule has 0 bridgehead atoms. The lowest BCUT2D eigenvalue weighted by Crippen LogP contribution is -2.33. The summed E-state index contributed by atoms with van der Waals surface area (Å²) in [4.78, 5) is 0. The van der Waals surface area contributed by atoms with E-state index in [-0.39, 0.29) is 5.41 Å². The summed E-state index contributed by atoms with van der Waals surface area (Å²) in [6.07, 6.45) is 0.635. The Balaban J connectivity index is 2.45. The SMILES string of the molecule is ClCC(CCl)(Cc1cc(Cl)ccc1Cl)c1cccc(Br)c1. The average molecular weight is 427 g/mol. The van der Waals surface area contributed by atoms with E-state index >= 15 is 0 Å². The Morgan fingerprint density at radius 3 is 2.29 bits per heavy atom. The molecule has 0 aliphatic heterocycles.